The molecule has 1 aliphatic rings. The minimum atomic E-state index is -0.272. The molecule has 0 radical (unpaired) electrons. The van der Waals surface area contributed by atoms with Crippen LogP contribution in [-0.2, 0) is 17.8 Å². The molecule has 2 aromatic rings. The van der Waals surface area contributed by atoms with Gasteiger partial charge in [-0.05, 0) is 25.8 Å². The summed E-state index contributed by atoms with van der Waals surface area (Å²) in [5.74, 6) is 0.712. The Balaban J connectivity index is 2.01. The van der Waals surface area contributed by atoms with Crippen LogP contribution in [0.4, 0.5) is 5.82 Å². The Bertz CT molecular complexity index is 822. The summed E-state index contributed by atoms with van der Waals surface area (Å²) >= 11 is 0. The predicted octanol–water partition coefficient (Wildman–Crippen LogP) is 5.46. The molecule has 3 rings (SSSR count). The Hall–Kier alpha value is -2.38. The third-order valence-electron chi connectivity index (χ3n) is 5.10. The average molecular weight is 364 g/mol. The van der Waals surface area contributed by atoms with Crippen molar-refractivity contribution in [2.75, 3.05) is 11.9 Å². The highest BCUT2D eigenvalue weighted by atomic mass is 16.5. The van der Waals surface area contributed by atoms with E-state index in [0.717, 1.165) is 41.8 Å². The molecule has 1 aromatic carbocycles. The third kappa shape index (κ3) is 4.48. The van der Waals surface area contributed by atoms with E-state index >= 15 is 0 Å². The van der Waals surface area contributed by atoms with Crippen molar-refractivity contribution >= 4 is 5.82 Å². The summed E-state index contributed by atoms with van der Waals surface area (Å²) in [5.41, 5.74) is 4.53. The maximum absolute atomic E-state index is 9.88. The third-order valence-corrected chi connectivity index (χ3v) is 5.10. The molecule has 0 bridgehead atoms. The van der Waals surface area contributed by atoms with E-state index in [1.54, 1.807) is 0 Å². The Morgan fingerprint density at radius 3 is 2.63 bits per heavy atom. The number of rotatable bonds is 7. The van der Waals surface area contributed by atoms with Gasteiger partial charge < -0.3 is 10.1 Å². The van der Waals surface area contributed by atoms with Crippen LogP contribution < -0.4 is 5.32 Å². The molecule has 0 amide bonds. The van der Waals surface area contributed by atoms with Crippen LogP contribution in [0.2, 0.25) is 0 Å². The van der Waals surface area contributed by atoms with Crippen molar-refractivity contribution < 1.29 is 4.74 Å². The number of pyridine rings is 1. The summed E-state index contributed by atoms with van der Waals surface area (Å²) in [5, 5.41) is 13.3. The van der Waals surface area contributed by atoms with Gasteiger partial charge in [0.2, 0.25) is 0 Å². The zero-order valence-corrected chi connectivity index (χ0v) is 16.6. The zero-order chi connectivity index (χ0) is 19.3. The number of nitrogens with zero attached hydrogens (tertiary/aromatic N) is 2. The summed E-state index contributed by atoms with van der Waals surface area (Å²) in [4.78, 5) is 4.88. The normalized spacial score (nSPS) is 15.0. The van der Waals surface area contributed by atoms with Gasteiger partial charge in [-0.15, -0.1) is 0 Å². The Morgan fingerprint density at radius 1 is 1.15 bits per heavy atom. The Morgan fingerprint density at radius 2 is 1.93 bits per heavy atom. The summed E-state index contributed by atoms with van der Waals surface area (Å²) in [7, 11) is 0. The first-order valence-corrected chi connectivity index (χ1v) is 9.95. The molecule has 0 atom stereocenters. The Labute approximate surface area is 162 Å². The van der Waals surface area contributed by atoms with Gasteiger partial charge in [0.1, 0.15) is 11.9 Å². The number of anilines is 1. The highest BCUT2D eigenvalue weighted by Gasteiger charge is 2.32. The van der Waals surface area contributed by atoms with E-state index < -0.39 is 0 Å². The first-order valence-electron chi connectivity index (χ1n) is 9.95. The largest absolute Gasteiger partial charge is 0.370 e. The molecular formula is C23H29N3O. The van der Waals surface area contributed by atoms with Crippen molar-refractivity contribution in [3.05, 3.63) is 47.0 Å². The van der Waals surface area contributed by atoms with E-state index in [-0.39, 0.29) is 5.60 Å². The van der Waals surface area contributed by atoms with E-state index in [1.807, 2.05) is 18.2 Å². The van der Waals surface area contributed by atoms with E-state index in [4.69, 9.17) is 9.72 Å². The second kappa shape index (κ2) is 8.54. The molecule has 142 valence electrons. The lowest BCUT2D eigenvalue weighted by molar-refractivity contribution is -0.0400. The topological polar surface area (TPSA) is 57.9 Å². The molecule has 27 heavy (non-hydrogen) atoms. The molecule has 0 saturated carbocycles. The molecule has 2 heterocycles. The molecule has 1 aliphatic heterocycles. The molecule has 1 N–H and O–H groups in total. The van der Waals surface area contributed by atoms with Crippen molar-refractivity contribution in [2.24, 2.45) is 0 Å². The molecule has 4 nitrogen and oxygen atoms in total. The standard InChI is InChI=1S/C23H29N3O/c1-4-5-6-10-13-25-22-19(15-24)18-14-23(2,3)27-16-20(18)21(26-22)17-11-8-7-9-12-17/h7-9,11-12H,4-6,10,13-14,16H2,1-3H3,(H,25,26). The molecule has 0 spiro atoms. The van der Waals surface area contributed by atoms with Gasteiger partial charge in [-0.1, -0.05) is 56.5 Å². The quantitative estimate of drug-likeness (QED) is 0.663. The van der Waals surface area contributed by atoms with Crippen LogP contribution in [0, 0.1) is 11.3 Å². The van der Waals surface area contributed by atoms with Gasteiger partial charge in [0.05, 0.1) is 23.5 Å². The second-order valence-corrected chi connectivity index (χ2v) is 7.83. The van der Waals surface area contributed by atoms with Gasteiger partial charge in [-0.25, -0.2) is 4.98 Å². The summed E-state index contributed by atoms with van der Waals surface area (Å²) in [6, 6.07) is 12.6. The first kappa shape index (κ1) is 19.4. The van der Waals surface area contributed by atoms with E-state index in [1.165, 1.54) is 19.3 Å². The van der Waals surface area contributed by atoms with Crippen molar-refractivity contribution in [1.29, 1.82) is 5.26 Å². The minimum Gasteiger partial charge on any atom is -0.370 e. The van der Waals surface area contributed by atoms with Crippen molar-refractivity contribution in [2.45, 2.75) is 65.1 Å². The Kier molecular flexibility index (Phi) is 6.13. The number of hydrogen-bond acceptors (Lipinski definition) is 4. The van der Waals surface area contributed by atoms with Gasteiger partial charge in [0, 0.05) is 24.1 Å². The van der Waals surface area contributed by atoms with E-state index in [0.29, 0.717) is 18.0 Å². The molecule has 0 fully saturated rings. The zero-order valence-electron chi connectivity index (χ0n) is 16.6. The summed E-state index contributed by atoms with van der Waals surface area (Å²) < 4.78 is 6.05. The fraction of sp³-hybridized carbons (Fsp3) is 0.478. The van der Waals surface area contributed by atoms with Crippen LogP contribution in [0.15, 0.2) is 30.3 Å². The van der Waals surface area contributed by atoms with Crippen LogP contribution in [0.25, 0.3) is 11.3 Å². The van der Waals surface area contributed by atoms with Gasteiger partial charge in [-0.3, -0.25) is 0 Å². The summed E-state index contributed by atoms with van der Waals surface area (Å²) in [6.45, 7) is 7.71. The van der Waals surface area contributed by atoms with Gasteiger partial charge in [0.15, 0.2) is 0 Å². The van der Waals surface area contributed by atoms with E-state index in [9.17, 15) is 5.26 Å². The van der Waals surface area contributed by atoms with Gasteiger partial charge in [-0.2, -0.15) is 5.26 Å². The number of fused-ring (bicyclic) bond motifs is 1. The highest BCUT2D eigenvalue weighted by molar-refractivity contribution is 5.72. The van der Waals surface area contributed by atoms with Crippen molar-refractivity contribution in [3.8, 4) is 17.3 Å². The van der Waals surface area contributed by atoms with Crippen LogP contribution in [-0.4, -0.2) is 17.1 Å². The number of aromatic nitrogens is 1. The molecule has 4 heteroatoms. The number of ether oxygens (including phenoxy) is 1. The lowest BCUT2D eigenvalue weighted by Crippen LogP contribution is -2.33. The monoisotopic (exact) mass is 363 g/mol. The number of unbranched alkanes of at least 4 members (excludes halogenated alkanes) is 3. The number of nitriles is 1. The van der Waals surface area contributed by atoms with Gasteiger partial charge >= 0.3 is 0 Å². The van der Waals surface area contributed by atoms with Crippen molar-refractivity contribution in [3.63, 3.8) is 0 Å². The van der Waals surface area contributed by atoms with Crippen LogP contribution >= 0.6 is 0 Å². The van der Waals surface area contributed by atoms with Crippen molar-refractivity contribution in [1.82, 2.24) is 4.98 Å². The first-order chi connectivity index (χ1) is 13.1. The smallest absolute Gasteiger partial charge is 0.144 e. The average Bonchev–Trinajstić information content (AvgIpc) is 2.67. The number of hydrogen-bond donors (Lipinski definition) is 1. The summed E-state index contributed by atoms with van der Waals surface area (Å²) in [6.07, 6.45) is 5.46. The maximum atomic E-state index is 9.88. The van der Waals surface area contributed by atoms with Crippen LogP contribution in [0.1, 0.15) is 63.1 Å². The molecule has 1 aromatic heterocycles. The molecular weight excluding hydrogens is 334 g/mol. The molecule has 0 unspecified atom stereocenters. The van der Waals surface area contributed by atoms with Crippen LogP contribution in [0.3, 0.4) is 0 Å². The SMILES string of the molecule is CCCCCCNc1nc(-c2ccccc2)c2c(c1C#N)CC(C)(C)OC2. The maximum Gasteiger partial charge on any atom is 0.144 e. The fourth-order valence-electron chi connectivity index (χ4n) is 3.61. The van der Waals surface area contributed by atoms with E-state index in [2.05, 4.69) is 44.3 Å². The molecule has 0 aliphatic carbocycles. The minimum absolute atomic E-state index is 0.272. The highest BCUT2D eigenvalue weighted by Crippen LogP contribution is 2.37. The lowest BCUT2D eigenvalue weighted by Gasteiger charge is -2.33. The second-order valence-electron chi connectivity index (χ2n) is 7.83. The number of benzene rings is 1. The fourth-order valence-corrected chi connectivity index (χ4v) is 3.61. The predicted molar refractivity (Wildman–Crippen MR) is 110 cm³/mol. The van der Waals surface area contributed by atoms with Crippen LogP contribution in [0.5, 0.6) is 0 Å². The lowest BCUT2D eigenvalue weighted by atomic mass is 9.87. The molecule has 0 saturated heterocycles. The number of nitrogens with one attached hydrogen (secondary N) is 1. The van der Waals surface area contributed by atoms with Gasteiger partial charge in [0.25, 0.3) is 0 Å².